The van der Waals surface area contributed by atoms with Crippen LogP contribution in [-0.2, 0) is 25.4 Å². The number of esters is 1. The van der Waals surface area contributed by atoms with Gasteiger partial charge in [-0.3, -0.25) is 13.9 Å². The van der Waals surface area contributed by atoms with Crippen LogP contribution in [-0.4, -0.2) is 36.4 Å². The highest BCUT2D eigenvalue weighted by Crippen LogP contribution is 2.34. The summed E-state index contributed by atoms with van der Waals surface area (Å²) in [5.74, 6) is 0.275. The molecular weight excluding hydrogens is 344 g/mol. The molecule has 0 aliphatic carbocycles. The average molecular weight is 364 g/mol. The van der Waals surface area contributed by atoms with Crippen LogP contribution in [0.15, 0.2) is 27.8 Å². The fourth-order valence-corrected chi connectivity index (χ4v) is 2.32. The predicted octanol–water partition coefficient (Wildman–Crippen LogP) is 0.467. The van der Waals surface area contributed by atoms with E-state index in [1.54, 1.807) is 0 Å². The Bertz CT molecular complexity index is 943. The van der Waals surface area contributed by atoms with Gasteiger partial charge in [0, 0.05) is 32.3 Å². The molecule has 2 aromatic rings. The summed E-state index contributed by atoms with van der Waals surface area (Å²) in [6.07, 6.45) is 0. The molecule has 0 saturated heterocycles. The van der Waals surface area contributed by atoms with E-state index in [-0.39, 0.29) is 23.6 Å². The second kappa shape index (κ2) is 7.77. The number of hydrogen-bond donors (Lipinski definition) is 0. The summed E-state index contributed by atoms with van der Waals surface area (Å²) in [7, 11) is 7.17. The summed E-state index contributed by atoms with van der Waals surface area (Å²) in [6.45, 7) is -0.252. The summed E-state index contributed by atoms with van der Waals surface area (Å²) in [6, 6.07) is 4.17. The summed E-state index contributed by atoms with van der Waals surface area (Å²) in [5, 5.41) is 0. The number of nitrogens with zero attached hydrogens (tertiary/aromatic N) is 2. The van der Waals surface area contributed by atoms with Crippen LogP contribution in [0.3, 0.4) is 0 Å². The van der Waals surface area contributed by atoms with Crippen molar-refractivity contribution in [3.63, 3.8) is 0 Å². The number of ether oxygens (including phenoxy) is 4. The Labute approximate surface area is 149 Å². The molecule has 0 aliphatic heterocycles. The maximum atomic E-state index is 12.4. The molecule has 0 aliphatic rings. The molecule has 0 fully saturated rings. The number of benzene rings is 1. The van der Waals surface area contributed by atoms with Crippen LogP contribution in [0.1, 0.15) is 16.1 Å². The molecule has 9 heteroatoms. The van der Waals surface area contributed by atoms with Gasteiger partial charge < -0.3 is 18.9 Å². The Balaban J connectivity index is 2.31. The van der Waals surface area contributed by atoms with Crippen molar-refractivity contribution in [2.24, 2.45) is 14.1 Å². The maximum absolute atomic E-state index is 12.4. The van der Waals surface area contributed by atoms with E-state index < -0.39 is 17.2 Å². The molecule has 9 nitrogen and oxygen atoms in total. The van der Waals surface area contributed by atoms with Gasteiger partial charge in [0.2, 0.25) is 0 Å². The van der Waals surface area contributed by atoms with Crippen molar-refractivity contribution in [2.45, 2.75) is 6.61 Å². The molecule has 26 heavy (non-hydrogen) atoms. The van der Waals surface area contributed by atoms with Gasteiger partial charge in [0.05, 0.1) is 27.0 Å². The minimum absolute atomic E-state index is 0.124. The molecule has 140 valence electrons. The lowest BCUT2D eigenvalue weighted by Gasteiger charge is -2.14. The fraction of sp³-hybridized carbons (Fsp3) is 0.353. The van der Waals surface area contributed by atoms with Gasteiger partial charge in [-0.15, -0.1) is 0 Å². The van der Waals surface area contributed by atoms with Crippen LogP contribution in [0.5, 0.6) is 17.2 Å². The van der Waals surface area contributed by atoms with E-state index in [0.717, 1.165) is 4.57 Å². The Morgan fingerprint density at radius 2 is 1.46 bits per heavy atom. The lowest BCUT2D eigenvalue weighted by atomic mass is 10.1. The van der Waals surface area contributed by atoms with E-state index in [1.165, 1.54) is 58.2 Å². The Hall–Kier alpha value is -3.23. The van der Waals surface area contributed by atoms with Gasteiger partial charge in [-0.05, 0) is 0 Å². The van der Waals surface area contributed by atoms with Crippen molar-refractivity contribution in [3.8, 4) is 17.2 Å². The molecule has 0 N–H and O–H groups in total. The molecule has 1 aromatic carbocycles. The third-order valence-electron chi connectivity index (χ3n) is 3.90. The molecule has 0 saturated carbocycles. The first-order valence-electron chi connectivity index (χ1n) is 7.57. The van der Waals surface area contributed by atoms with Gasteiger partial charge in [-0.2, -0.15) is 0 Å². The van der Waals surface area contributed by atoms with Crippen molar-refractivity contribution < 1.29 is 23.7 Å². The number of carbonyl (C=O) groups excluding carboxylic acids is 1. The zero-order valence-corrected chi connectivity index (χ0v) is 15.2. The van der Waals surface area contributed by atoms with Gasteiger partial charge in [-0.1, -0.05) is 0 Å². The van der Waals surface area contributed by atoms with Crippen LogP contribution in [0.2, 0.25) is 0 Å². The van der Waals surface area contributed by atoms with Gasteiger partial charge in [0.25, 0.3) is 5.56 Å². The Morgan fingerprint density at radius 1 is 0.885 bits per heavy atom. The van der Waals surface area contributed by atoms with E-state index in [0.29, 0.717) is 11.5 Å². The van der Waals surface area contributed by atoms with Crippen LogP contribution < -0.4 is 25.5 Å². The standard InChI is InChI=1S/C17H20N2O7/c1-18-10(6-15(20)19(2)17(18)22)9-26-16(21)11-7-13(24-4)14(25-5)8-12(11)23-3/h6-8H,9H2,1-5H3. The molecule has 0 spiro atoms. The zero-order valence-electron chi connectivity index (χ0n) is 15.2. The lowest BCUT2D eigenvalue weighted by Crippen LogP contribution is -2.38. The highest BCUT2D eigenvalue weighted by atomic mass is 16.5. The summed E-state index contributed by atoms with van der Waals surface area (Å²) in [4.78, 5) is 36.1. The number of rotatable bonds is 6. The molecule has 1 aromatic heterocycles. The third kappa shape index (κ3) is 3.56. The smallest absolute Gasteiger partial charge is 0.342 e. The number of carbonyl (C=O) groups is 1. The first kappa shape index (κ1) is 19.1. The van der Waals surface area contributed by atoms with Crippen molar-refractivity contribution >= 4 is 5.97 Å². The van der Waals surface area contributed by atoms with Gasteiger partial charge >= 0.3 is 11.7 Å². The fourth-order valence-electron chi connectivity index (χ4n) is 2.32. The molecule has 0 atom stereocenters. The predicted molar refractivity (Wildman–Crippen MR) is 92.1 cm³/mol. The summed E-state index contributed by atoms with van der Waals surface area (Å²) >= 11 is 0. The Morgan fingerprint density at radius 3 is 2.04 bits per heavy atom. The molecule has 0 amide bonds. The highest BCUT2D eigenvalue weighted by molar-refractivity contribution is 5.93. The Kier molecular flexibility index (Phi) is 5.71. The van der Waals surface area contributed by atoms with Crippen molar-refractivity contribution in [3.05, 3.63) is 50.3 Å². The monoisotopic (exact) mass is 364 g/mol. The summed E-state index contributed by atoms with van der Waals surface area (Å²) in [5.41, 5.74) is -0.597. The van der Waals surface area contributed by atoms with E-state index in [2.05, 4.69) is 0 Å². The summed E-state index contributed by atoms with van der Waals surface area (Å²) < 4.78 is 23.0. The number of methoxy groups -OCH3 is 3. The largest absolute Gasteiger partial charge is 0.496 e. The van der Waals surface area contributed by atoms with E-state index in [9.17, 15) is 14.4 Å². The van der Waals surface area contributed by atoms with Crippen LogP contribution in [0, 0.1) is 0 Å². The van der Waals surface area contributed by atoms with Crippen molar-refractivity contribution in [1.29, 1.82) is 0 Å². The third-order valence-corrected chi connectivity index (χ3v) is 3.90. The zero-order chi connectivity index (χ0) is 19.4. The quantitative estimate of drug-likeness (QED) is 0.687. The van der Waals surface area contributed by atoms with E-state index >= 15 is 0 Å². The second-order valence-corrected chi connectivity index (χ2v) is 5.36. The first-order valence-corrected chi connectivity index (χ1v) is 7.57. The highest BCUT2D eigenvalue weighted by Gasteiger charge is 2.19. The van der Waals surface area contributed by atoms with Gasteiger partial charge in [-0.25, -0.2) is 9.59 Å². The SMILES string of the molecule is COc1cc(OC)c(C(=O)OCc2cc(=O)n(C)c(=O)n2C)cc1OC. The number of aromatic nitrogens is 2. The maximum Gasteiger partial charge on any atom is 0.342 e. The minimum atomic E-state index is -0.698. The lowest BCUT2D eigenvalue weighted by molar-refractivity contribution is 0.0458. The molecular formula is C17H20N2O7. The molecule has 0 unspecified atom stereocenters. The molecule has 2 rings (SSSR count). The van der Waals surface area contributed by atoms with Crippen LogP contribution >= 0.6 is 0 Å². The number of hydrogen-bond acceptors (Lipinski definition) is 7. The van der Waals surface area contributed by atoms with Gasteiger partial charge in [0.15, 0.2) is 11.5 Å². The van der Waals surface area contributed by atoms with Gasteiger partial charge in [0.1, 0.15) is 17.9 Å². The topological polar surface area (TPSA) is 98.0 Å². The first-order chi connectivity index (χ1) is 12.3. The minimum Gasteiger partial charge on any atom is -0.496 e. The van der Waals surface area contributed by atoms with Crippen LogP contribution in [0.4, 0.5) is 0 Å². The molecule has 0 radical (unpaired) electrons. The van der Waals surface area contributed by atoms with Crippen molar-refractivity contribution in [2.75, 3.05) is 21.3 Å². The van der Waals surface area contributed by atoms with E-state index in [4.69, 9.17) is 18.9 Å². The normalized spacial score (nSPS) is 10.3. The average Bonchev–Trinajstić information content (AvgIpc) is 2.66. The molecule has 1 heterocycles. The molecule has 0 bridgehead atoms. The second-order valence-electron chi connectivity index (χ2n) is 5.36. The van der Waals surface area contributed by atoms with Crippen LogP contribution in [0.25, 0.3) is 0 Å². The van der Waals surface area contributed by atoms with E-state index in [1.807, 2.05) is 0 Å². The van der Waals surface area contributed by atoms with Crippen molar-refractivity contribution in [1.82, 2.24) is 9.13 Å².